The lowest BCUT2D eigenvalue weighted by Gasteiger charge is -2.02. The first-order chi connectivity index (χ1) is 9.93. The van der Waals surface area contributed by atoms with E-state index in [1.165, 1.54) is 31.4 Å². The van der Waals surface area contributed by atoms with Crippen molar-refractivity contribution in [2.75, 3.05) is 7.11 Å². The summed E-state index contributed by atoms with van der Waals surface area (Å²) in [6.07, 6.45) is 1.42. The first-order valence-electron chi connectivity index (χ1n) is 6.01. The number of nitrogens with zero attached hydrogens (tertiary/aromatic N) is 1. The van der Waals surface area contributed by atoms with Crippen LogP contribution >= 0.6 is 0 Å². The van der Waals surface area contributed by atoms with Crippen molar-refractivity contribution in [1.82, 2.24) is 5.32 Å². The van der Waals surface area contributed by atoms with Gasteiger partial charge in [0, 0.05) is 17.8 Å². The van der Waals surface area contributed by atoms with Gasteiger partial charge in [0.2, 0.25) is 0 Å². The van der Waals surface area contributed by atoms with Crippen LogP contribution in [-0.4, -0.2) is 23.9 Å². The minimum absolute atomic E-state index is 0.0944. The molecule has 7 nitrogen and oxygen atoms in total. The number of hydrogen-bond acceptors (Lipinski definition) is 5. The van der Waals surface area contributed by atoms with Crippen molar-refractivity contribution in [3.63, 3.8) is 0 Å². The van der Waals surface area contributed by atoms with Gasteiger partial charge in [-0.1, -0.05) is 12.1 Å². The maximum atomic E-state index is 11.9. The lowest BCUT2D eigenvalue weighted by molar-refractivity contribution is -0.384. The summed E-state index contributed by atoms with van der Waals surface area (Å²) >= 11 is 0. The molecule has 0 unspecified atom stereocenters. The van der Waals surface area contributed by atoms with Gasteiger partial charge in [0.1, 0.15) is 0 Å². The van der Waals surface area contributed by atoms with E-state index in [-0.39, 0.29) is 16.8 Å². The fourth-order valence-corrected chi connectivity index (χ4v) is 2.01. The number of nitrogens with one attached hydrogen (secondary N) is 1. The molecule has 1 aliphatic heterocycles. The lowest BCUT2D eigenvalue weighted by atomic mass is 10.0. The zero-order chi connectivity index (χ0) is 15.6. The molecule has 0 fully saturated rings. The predicted molar refractivity (Wildman–Crippen MR) is 73.9 cm³/mol. The Balaban J connectivity index is 2.48. The van der Waals surface area contributed by atoms with Crippen LogP contribution < -0.4 is 5.32 Å². The Morgan fingerprint density at radius 3 is 2.76 bits per heavy atom. The second-order valence-electron chi connectivity index (χ2n) is 4.36. The zero-order valence-corrected chi connectivity index (χ0v) is 11.4. The standard InChI is InChI=1S/C14H12N2O5/c1-8-12(14(18)21-2)11(13(17)15-8)7-9-4-3-5-10(6-9)16(19)20/h3-7H,1-2H3,(H,15,17)/b11-7-. The third-order valence-electron chi connectivity index (χ3n) is 2.97. The molecule has 0 aromatic heterocycles. The molecule has 21 heavy (non-hydrogen) atoms. The van der Waals surface area contributed by atoms with Crippen molar-refractivity contribution in [2.24, 2.45) is 0 Å². The van der Waals surface area contributed by atoms with E-state index in [2.05, 4.69) is 10.1 Å². The molecule has 0 saturated heterocycles. The minimum atomic E-state index is -0.637. The van der Waals surface area contributed by atoms with E-state index in [1.807, 2.05) is 0 Å². The predicted octanol–water partition coefficient (Wildman–Crippen LogP) is 1.55. The quantitative estimate of drug-likeness (QED) is 0.394. The first kappa shape index (κ1) is 14.4. The molecule has 7 heteroatoms. The second-order valence-corrected chi connectivity index (χ2v) is 4.36. The topological polar surface area (TPSA) is 98.5 Å². The lowest BCUT2D eigenvalue weighted by Crippen LogP contribution is -2.15. The smallest absolute Gasteiger partial charge is 0.340 e. The Kier molecular flexibility index (Phi) is 3.84. The summed E-state index contributed by atoms with van der Waals surface area (Å²) in [6, 6.07) is 5.78. The summed E-state index contributed by atoms with van der Waals surface area (Å²) in [5.41, 5.74) is 1.01. The van der Waals surface area contributed by atoms with Crippen molar-refractivity contribution in [2.45, 2.75) is 6.92 Å². The number of allylic oxidation sites excluding steroid dienone is 1. The van der Waals surface area contributed by atoms with E-state index in [0.717, 1.165) is 0 Å². The molecule has 108 valence electrons. The monoisotopic (exact) mass is 288 g/mol. The molecule has 1 aromatic rings. The summed E-state index contributed by atoms with van der Waals surface area (Å²) in [5, 5.41) is 13.3. The highest BCUT2D eigenvalue weighted by molar-refractivity contribution is 6.16. The highest BCUT2D eigenvalue weighted by Gasteiger charge is 2.30. The third-order valence-corrected chi connectivity index (χ3v) is 2.97. The largest absolute Gasteiger partial charge is 0.465 e. The Morgan fingerprint density at radius 1 is 1.43 bits per heavy atom. The number of non-ortho nitro benzene ring substituents is 1. The van der Waals surface area contributed by atoms with E-state index >= 15 is 0 Å². The Morgan fingerprint density at radius 2 is 2.14 bits per heavy atom. The van der Waals surface area contributed by atoms with Crippen molar-refractivity contribution < 1.29 is 19.2 Å². The normalized spacial score (nSPS) is 16.1. The molecular formula is C14H12N2O5. The molecule has 1 amide bonds. The molecule has 0 aliphatic carbocycles. The van der Waals surface area contributed by atoms with Crippen LogP contribution in [0.25, 0.3) is 6.08 Å². The fourth-order valence-electron chi connectivity index (χ4n) is 2.01. The SMILES string of the molecule is COC(=O)C1=C(C)NC(=O)/C1=C\c1cccc([N+](=O)[O-])c1. The van der Waals surface area contributed by atoms with Gasteiger partial charge in [0.05, 0.1) is 23.2 Å². The molecule has 1 heterocycles. The van der Waals surface area contributed by atoms with E-state index < -0.39 is 16.8 Å². The van der Waals surface area contributed by atoms with Gasteiger partial charge >= 0.3 is 5.97 Å². The first-order valence-corrected chi connectivity index (χ1v) is 6.01. The number of carbonyl (C=O) groups excluding carboxylic acids is 2. The number of carbonyl (C=O) groups is 2. The van der Waals surface area contributed by atoms with E-state index in [0.29, 0.717) is 11.3 Å². The van der Waals surface area contributed by atoms with Gasteiger partial charge in [-0.05, 0) is 18.6 Å². The molecule has 0 atom stereocenters. The molecule has 0 bridgehead atoms. The van der Waals surface area contributed by atoms with Crippen LogP contribution in [0.2, 0.25) is 0 Å². The third kappa shape index (κ3) is 2.81. The fraction of sp³-hybridized carbons (Fsp3) is 0.143. The van der Waals surface area contributed by atoms with Crippen LogP contribution in [0.15, 0.2) is 41.1 Å². The van der Waals surface area contributed by atoms with Crippen LogP contribution in [0.4, 0.5) is 5.69 Å². The summed E-state index contributed by atoms with van der Waals surface area (Å²) in [7, 11) is 1.22. The molecular weight excluding hydrogens is 276 g/mol. The van der Waals surface area contributed by atoms with Crippen molar-refractivity contribution >= 4 is 23.6 Å². The van der Waals surface area contributed by atoms with Gasteiger partial charge < -0.3 is 10.1 Å². The summed E-state index contributed by atoms with van der Waals surface area (Å²) in [5.74, 6) is -1.08. The van der Waals surface area contributed by atoms with Gasteiger partial charge in [-0.15, -0.1) is 0 Å². The number of methoxy groups -OCH3 is 1. The van der Waals surface area contributed by atoms with Crippen LogP contribution in [-0.2, 0) is 14.3 Å². The average Bonchev–Trinajstić information content (AvgIpc) is 2.73. The number of esters is 1. The number of hydrogen-bond donors (Lipinski definition) is 1. The zero-order valence-electron chi connectivity index (χ0n) is 11.4. The number of nitro groups is 1. The summed E-state index contributed by atoms with van der Waals surface area (Å²) in [6.45, 7) is 1.58. The molecule has 0 saturated carbocycles. The van der Waals surface area contributed by atoms with Gasteiger partial charge in [0.25, 0.3) is 11.6 Å². The van der Waals surface area contributed by atoms with Crippen molar-refractivity contribution in [3.05, 3.63) is 56.8 Å². The van der Waals surface area contributed by atoms with Gasteiger partial charge in [-0.2, -0.15) is 0 Å². The molecule has 1 N–H and O–H groups in total. The minimum Gasteiger partial charge on any atom is -0.465 e. The number of amides is 1. The molecule has 1 aliphatic rings. The van der Waals surface area contributed by atoms with Crippen molar-refractivity contribution in [3.8, 4) is 0 Å². The van der Waals surface area contributed by atoms with Crippen molar-refractivity contribution in [1.29, 1.82) is 0 Å². The molecule has 0 radical (unpaired) electrons. The van der Waals surface area contributed by atoms with Crippen LogP contribution in [0.1, 0.15) is 12.5 Å². The van der Waals surface area contributed by atoms with Gasteiger partial charge in [-0.25, -0.2) is 4.79 Å². The summed E-state index contributed by atoms with van der Waals surface area (Å²) in [4.78, 5) is 33.8. The van der Waals surface area contributed by atoms with Gasteiger partial charge in [-0.3, -0.25) is 14.9 Å². The Bertz CT molecular complexity index is 703. The van der Waals surface area contributed by atoms with Gasteiger partial charge in [0.15, 0.2) is 0 Å². The van der Waals surface area contributed by atoms with E-state index in [1.54, 1.807) is 13.0 Å². The molecule has 0 spiro atoms. The van der Waals surface area contributed by atoms with Crippen LogP contribution in [0.3, 0.4) is 0 Å². The van der Waals surface area contributed by atoms with Crippen LogP contribution in [0.5, 0.6) is 0 Å². The number of nitro benzene ring substituents is 1. The maximum absolute atomic E-state index is 11.9. The molecule has 1 aromatic carbocycles. The average molecular weight is 288 g/mol. The highest BCUT2D eigenvalue weighted by Crippen LogP contribution is 2.25. The summed E-state index contributed by atoms with van der Waals surface area (Å²) < 4.78 is 4.64. The second kappa shape index (κ2) is 5.58. The van der Waals surface area contributed by atoms with E-state index in [4.69, 9.17) is 0 Å². The molecule has 2 rings (SSSR count). The Labute approximate surface area is 120 Å². The highest BCUT2D eigenvalue weighted by atomic mass is 16.6. The number of ether oxygens (including phenoxy) is 1. The number of benzene rings is 1. The number of rotatable bonds is 3. The Hall–Kier alpha value is -2.96. The maximum Gasteiger partial charge on any atom is 0.340 e. The van der Waals surface area contributed by atoms with E-state index in [9.17, 15) is 19.7 Å². The van der Waals surface area contributed by atoms with Crippen LogP contribution in [0, 0.1) is 10.1 Å².